The van der Waals surface area contributed by atoms with E-state index in [1.54, 1.807) is 0 Å². The van der Waals surface area contributed by atoms with Crippen molar-refractivity contribution in [3.8, 4) is 6.01 Å². The zero-order chi connectivity index (χ0) is 14.4. The number of aliphatic hydroxyl groups is 1. The van der Waals surface area contributed by atoms with Crippen LogP contribution < -0.4 is 20.9 Å². The predicted octanol–water partition coefficient (Wildman–Crippen LogP) is 0.297. The second kappa shape index (κ2) is 7.20. The fraction of sp³-hybridized carbons (Fsp3) is 0.750. The van der Waals surface area contributed by atoms with Gasteiger partial charge in [0.05, 0.1) is 13.2 Å². The largest absolute Gasteiger partial charge is 0.463 e. The van der Waals surface area contributed by atoms with Crippen LogP contribution in [0, 0.1) is 0 Å². The lowest BCUT2D eigenvalue weighted by molar-refractivity contribution is 0.277. The number of ether oxygens (including phenoxy) is 1. The van der Waals surface area contributed by atoms with Crippen molar-refractivity contribution in [3.63, 3.8) is 0 Å². The number of aliphatic hydroxyl groups excluding tert-OH is 1. The van der Waals surface area contributed by atoms with E-state index in [1.807, 2.05) is 11.8 Å². The Hall–Kier alpha value is -1.67. The predicted molar refractivity (Wildman–Crippen MR) is 75.5 cm³/mol. The summed E-state index contributed by atoms with van der Waals surface area (Å²) in [5, 5.41) is 9.22. The average Bonchev–Trinajstić information content (AvgIpc) is 2.42. The molecule has 0 saturated heterocycles. The quantitative estimate of drug-likeness (QED) is 0.461. The molecule has 1 aliphatic carbocycles. The fourth-order valence-corrected chi connectivity index (χ4v) is 2.05. The summed E-state index contributed by atoms with van der Waals surface area (Å²) in [5.74, 6) is 6.15. The number of nitrogens with zero attached hydrogens (tertiary/aromatic N) is 4. The molecule has 0 radical (unpaired) electrons. The number of nitrogen functional groups attached to an aromatic ring is 1. The van der Waals surface area contributed by atoms with Gasteiger partial charge in [-0.3, -0.25) is 5.43 Å². The highest BCUT2D eigenvalue weighted by Crippen LogP contribution is 2.28. The van der Waals surface area contributed by atoms with Crippen LogP contribution >= 0.6 is 0 Å². The van der Waals surface area contributed by atoms with Gasteiger partial charge in [-0.2, -0.15) is 15.0 Å². The van der Waals surface area contributed by atoms with Crippen molar-refractivity contribution in [2.24, 2.45) is 5.84 Å². The summed E-state index contributed by atoms with van der Waals surface area (Å²) in [6.45, 7) is 3.10. The molecule has 4 N–H and O–H groups in total. The molecule has 0 unspecified atom stereocenters. The van der Waals surface area contributed by atoms with Gasteiger partial charge >= 0.3 is 6.01 Å². The number of hydrogen-bond donors (Lipinski definition) is 3. The van der Waals surface area contributed by atoms with Crippen LogP contribution in [0.5, 0.6) is 6.01 Å². The number of rotatable bonds is 8. The summed E-state index contributed by atoms with van der Waals surface area (Å²) in [4.78, 5) is 14.6. The van der Waals surface area contributed by atoms with Gasteiger partial charge in [0.15, 0.2) is 0 Å². The van der Waals surface area contributed by atoms with Crippen LogP contribution in [0.25, 0.3) is 0 Å². The molecule has 8 nitrogen and oxygen atoms in total. The number of anilines is 2. The fourth-order valence-electron chi connectivity index (χ4n) is 2.05. The molecule has 112 valence electrons. The lowest BCUT2D eigenvalue weighted by Crippen LogP contribution is -2.43. The minimum absolute atomic E-state index is 0.0543. The van der Waals surface area contributed by atoms with Crippen molar-refractivity contribution in [2.45, 2.75) is 38.6 Å². The summed E-state index contributed by atoms with van der Waals surface area (Å²) in [7, 11) is 0. The first-order valence-electron chi connectivity index (χ1n) is 7.01. The van der Waals surface area contributed by atoms with E-state index in [1.165, 1.54) is 6.42 Å². The van der Waals surface area contributed by atoms with Crippen LogP contribution in [-0.2, 0) is 0 Å². The molecule has 0 spiro atoms. The van der Waals surface area contributed by atoms with Crippen LogP contribution in [0.2, 0.25) is 0 Å². The number of nitrogens with one attached hydrogen (secondary N) is 1. The summed E-state index contributed by atoms with van der Waals surface area (Å²) in [6, 6.07) is 0.626. The maximum absolute atomic E-state index is 9.22. The Morgan fingerprint density at radius 2 is 2.20 bits per heavy atom. The van der Waals surface area contributed by atoms with Crippen LogP contribution in [-0.4, -0.2) is 45.9 Å². The first-order valence-corrected chi connectivity index (χ1v) is 7.01. The lowest BCUT2D eigenvalue weighted by atomic mass is 9.92. The molecule has 1 heterocycles. The van der Waals surface area contributed by atoms with Gasteiger partial charge < -0.3 is 14.7 Å². The zero-order valence-electron chi connectivity index (χ0n) is 11.7. The minimum atomic E-state index is 0.0543. The van der Waals surface area contributed by atoms with Gasteiger partial charge in [0.25, 0.3) is 0 Å². The molecular formula is C12H22N6O2. The van der Waals surface area contributed by atoms with E-state index >= 15 is 0 Å². The van der Waals surface area contributed by atoms with Gasteiger partial charge in [0, 0.05) is 12.6 Å². The summed E-state index contributed by atoms with van der Waals surface area (Å²) in [5.41, 5.74) is 2.42. The number of hydrogen-bond acceptors (Lipinski definition) is 8. The van der Waals surface area contributed by atoms with Gasteiger partial charge in [0.1, 0.15) is 0 Å². The molecule has 1 aromatic heterocycles. The third-order valence-electron chi connectivity index (χ3n) is 3.28. The number of nitrogens with two attached hydrogens (primary N) is 1. The highest BCUT2D eigenvalue weighted by molar-refractivity contribution is 5.39. The molecule has 0 amide bonds. The molecule has 1 aliphatic rings. The van der Waals surface area contributed by atoms with Gasteiger partial charge in [-0.05, 0) is 25.7 Å². The van der Waals surface area contributed by atoms with E-state index in [2.05, 4.69) is 20.4 Å². The molecule has 0 bridgehead atoms. The van der Waals surface area contributed by atoms with E-state index in [0.717, 1.165) is 19.3 Å². The van der Waals surface area contributed by atoms with Crippen LogP contribution in [0.3, 0.4) is 0 Å². The Balaban J connectivity index is 2.21. The topological polar surface area (TPSA) is 109 Å². The molecule has 0 atom stereocenters. The van der Waals surface area contributed by atoms with Crippen molar-refractivity contribution in [2.75, 3.05) is 30.1 Å². The Kier molecular flexibility index (Phi) is 5.31. The van der Waals surface area contributed by atoms with Gasteiger partial charge in [-0.25, -0.2) is 5.84 Å². The average molecular weight is 282 g/mol. The lowest BCUT2D eigenvalue weighted by Gasteiger charge is -2.37. The van der Waals surface area contributed by atoms with Crippen LogP contribution in [0.1, 0.15) is 32.6 Å². The molecule has 20 heavy (non-hydrogen) atoms. The van der Waals surface area contributed by atoms with Crippen molar-refractivity contribution in [1.29, 1.82) is 0 Å². The Bertz CT molecular complexity index is 426. The Morgan fingerprint density at radius 1 is 1.40 bits per heavy atom. The first kappa shape index (κ1) is 14.7. The highest BCUT2D eigenvalue weighted by Gasteiger charge is 2.27. The monoisotopic (exact) mass is 282 g/mol. The van der Waals surface area contributed by atoms with Gasteiger partial charge in [-0.1, -0.05) is 6.92 Å². The third-order valence-corrected chi connectivity index (χ3v) is 3.28. The van der Waals surface area contributed by atoms with E-state index in [4.69, 9.17) is 10.6 Å². The van der Waals surface area contributed by atoms with E-state index in [9.17, 15) is 5.11 Å². The Morgan fingerprint density at radius 3 is 2.75 bits per heavy atom. The van der Waals surface area contributed by atoms with Crippen LogP contribution in [0.4, 0.5) is 11.9 Å². The smallest absolute Gasteiger partial charge is 0.323 e. The van der Waals surface area contributed by atoms with Crippen molar-refractivity contribution < 1.29 is 9.84 Å². The highest BCUT2D eigenvalue weighted by atomic mass is 16.5. The van der Waals surface area contributed by atoms with Gasteiger partial charge in [0.2, 0.25) is 11.9 Å². The molecule has 1 aromatic rings. The van der Waals surface area contributed by atoms with Crippen molar-refractivity contribution >= 4 is 11.9 Å². The Labute approximate surface area is 118 Å². The SMILES string of the molecule is CCCOc1nc(NN)nc(N(CCO)C2CCC2)n1. The zero-order valence-corrected chi connectivity index (χ0v) is 11.7. The summed E-state index contributed by atoms with van der Waals surface area (Å²) >= 11 is 0. The summed E-state index contributed by atoms with van der Waals surface area (Å²) in [6.07, 6.45) is 4.23. The third kappa shape index (κ3) is 3.45. The van der Waals surface area contributed by atoms with E-state index in [-0.39, 0.29) is 18.6 Å². The standard InChI is InChI=1S/C12H22N6O2/c1-2-8-20-12-15-10(17-13)14-11(16-12)18(6-7-19)9-4-3-5-9/h9,19H,2-8,13H2,1H3,(H,14,15,16,17). The van der Waals surface area contributed by atoms with Crippen molar-refractivity contribution in [3.05, 3.63) is 0 Å². The van der Waals surface area contributed by atoms with Gasteiger partial charge in [-0.15, -0.1) is 0 Å². The van der Waals surface area contributed by atoms with E-state index in [0.29, 0.717) is 25.1 Å². The second-order valence-electron chi connectivity index (χ2n) is 4.74. The molecule has 0 aromatic carbocycles. The molecule has 8 heteroatoms. The molecular weight excluding hydrogens is 260 g/mol. The summed E-state index contributed by atoms with van der Waals surface area (Å²) < 4.78 is 5.45. The minimum Gasteiger partial charge on any atom is -0.463 e. The maximum atomic E-state index is 9.22. The number of hydrazine groups is 1. The normalized spacial score (nSPS) is 14.8. The van der Waals surface area contributed by atoms with E-state index < -0.39 is 0 Å². The first-order chi connectivity index (χ1) is 9.78. The maximum Gasteiger partial charge on any atom is 0.323 e. The molecule has 2 rings (SSSR count). The molecule has 1 fully saturated rings. The number of aromatic nitrogens is 3. The molecule has 1 saturated carbocycles. The van der Waals surface area contributed by atoms with Crippen LogP contribution in [0.15, 0.2) is 0 Å². The van der Waals surface area contributed by atoms with Crippen molar-refractivity contribution in [1.82, 2.24) is 15.0 Å². The second-order valence-corrected chi connectivity index (χ2v) is 4.74. The molecule has 0 aliphatic heterocycles.